The molecule has 1 aromatic carbocycles. The van der Waals surface area contributed by atoms with Crippen LogP contribution in [0.4, 0.5) is 0 Å². The van der Waals surface area contributed by atoms with Crippen molar-refractivity contribution in [3.63, 3.8) is 0 Å². The van der Waals surface area contributed by atoms with E-state index in [4.69, 9.17) is 16.6 Å². The second-order valence-corrected chi connectivity index (χ2v) is 15.5. The Morgan fingerprint density at radius 2 is 1.17 bits per heavy atom. The number of carboxylic acids is 2. The van der Waals surface area contributed by atoms with Crippen molar-refractivity contribution in [1.29, 1.82) is 0 Å². The maximum atomic E-state index is 14.0. The molecular weight excluding hydrogens is 768 g/mol. The van der Waals surface area contributed by atoms with Gasteiger partial charge in [0.25, 0.3) is 0 Å². The zero-order chi connectivity index (χ0) is 44.8. The summed E-state index contributed by atoms with van der Waals surface area (Å²) in [7, 11) is 0. The number of carboxylic acid groups (broad SMARTS) is 2. The highest BCUT2D eigenvalue weighted by molar-refractivity contribution is 5.97. The van der Waals surface area contributed by atoms with Gasteiger partial charge >= 0.3 is 11.9 Å². The predicted octanol–water partition coefficient (Wildman–Crippen LogP) is -0.716. The number of aliphatic carboxylic acids is 2. The molecular formula is C40H66N8O11. The molecule has 13 N–H and O–H groups in total. The van der Waals surface area contributed by atoms with Crippen molar-refractivity contribution in [2.24, 2.45) is 29.2 Å². The van der Waals surface area contributed by atoms with Gasteiger partial charge in [-0.2, -0.15) is 0 Å². The number of carbonyl (C=O) groups is 8. The van der Waals surface area contributed by atoms with Gasteiger partial charge < -0.3 is 58.7 Å². The maximum Gasteiger partial charge on any atom is 0.328 e. The van der Waals surface area contributed by atoms with Gasteiger partial charge in [0.05, 0.1) is 12.6 Å². The lowest BCUT2D eigenvalue weighted by molar-refractivity contribution is -0.143. The molecule has 0 aliphatic rings. The number of nitrogens with one attached hydrogen (secondary N) is 6. The van der Waals surface area contributed by atoms with Crippen LogP contribution in [-0.2, 0) is 44.8 Å². The van der Waals surface area contributed by atoms with Crippen molar-refractivity contribution < 1.29 is 53.7 Å². The quantitative estimate of drug-likeness (QED) is 0.0466. The molecule has 332 valence electrons. The van der Waals surface area contributed by atoms with Gasteiger partial charge in [-0.15, -0.1) is 0 Å². The molecule has 0 aromatic heterocycles. The van der Waals surface area contributed by atoms with Gasteiger partial charge in [-0.3, -0.25) is 33.6 Å². The number of benzene rings is 1. The van der Waals surface area contributed by atoms with E-state index in [1.54, 1.807) is 58.0 Å². The van der Waals surface area contributed by atoms with Crippen molar-refractivity contribution in [1.82, 2.24) is 31.9 Å². The van der Waals surface area contributed by atoms with Crippen LogP contribution in [0.5, 0.6) is 0 Å². The number of amides is 6. The van der Waals surface area contributed by atoms with Crippen molar-refractivity contribution in [3.8, 4) is 0 Å². The zero-order valence-corrected chi connectivity index (χ0v) is 35.0. The molecule has 0 heterocycles. The van der Waals surface area contributed by atoms with E-state index >= 15 is 0 Å². The largest absolute Gasteiger partial charge is 0.481 e. The molecule has 0 aliphatic heterocycles. The third-order valence-electron chi connectivity index (χ3n) is 9.68. The summed E-state index contributed by atoms with van der Waals surface area (Å²) in [6, 6.07) is -0.206. The molecule has 0 radical (unpaired) electrons. The van der Waals surface area contributed by atoms with E-state index in [1.807, 2.05) is 13.8 Å². The summed E-state index contributed by atoms with van der Waals surface area (Å²) >= 11 is 0. The topological polar surface area (TPSA) is 321 Å². The van der Waals surface area contributed by atoms with Crippen LogP contribution in [-0.4, -0.2) is 118 Å². The van der Waals surface area contributed by atoms with Crippen molar-refractivity contribution >= 4 is 47.4 Å². The van der Waals surface area contributed by atoms with Crippen LogP contribution in [0.3, 0.4) is 0 Å². The summed E-state index contributed by atoms with van der Waals surface area (Å²) in [5, 5.41) is 43.4. The van der Waals surface area contributed by atoms with Crippen LogP contribution in [0.1, 0.15) is 92.1 Å². The van der Waals surface area contributed by atoms with Crippen LogP contribution >= 0.6 is 0 Å². The minimum absolute atomic E-state index is 0.0450. The van der Waals surface area contributed by atoms with E-state index in [0.717, 1.165) is 0 Å². The van der Waals surface area contributed by atoms with Gasteiger partial charge in [0.2, 0.25) is 35.4 Å². The fraction of sp³-hybridized carbons (Fsp3) is 0.650. The number of aliphatic hydroxyl groups excluding tert-OH is 1. The molecule has 1 rings (SSSR count). The Morgan fingerprint density at radius 1 is 0.644 bits per heavy atom. The molecule has 0 spiro atoms. The SMILES string of the molecule is CC[C@H](C)[C@H](NC(=O)[C@H](CCCCN)NC(=O)[C@@H](NC(=O)[C@H](CC(C)C)NC(=O)[C@@H](N)CCC(=O)O)C(C)C)C(=O)N[C@@H](Cc1ccccc1)C(=O)N[C@@H](CO)C(=O)O. The normalized spacial score (nSPS) is 15.3. The van der Waals surface area contributed by atoms with Gasteiger partial charge in [0.15, 0.2) is 0 Å². The standard InChI is InChI=1S/C40H66N8O11/c1-7-24(6)33(39(57)45-29(20-25-13-9-8-10-14-25)36(54)46-30(21-49)40(58)59)48-35(53)27(15-11-12-18-41)43-38(56)32(23(4)5)47-37(55)28(19-22(2)3)44-34(52)26(42)16-17-31(50)51/h8-10,13-14,22-24,26-30,32-33,49H,7,11-12,15-21,41-42H2,1-6H3,(H,43,56)(H,44,52)(H,45,57)(H,46,54)(H,47,55)(H,48,53)(H,50,51)(H,58,59)/t24-,26-,27-,28-,29-,30-,32-,33-/m0/s1. The lowest BCUT2D eigenvalue weighted by Gasteiger charge is -2.30. The summed E-state index contributed by atoms with van der Waals surface area (Å²) in [6.45, 7) is 9.91. The molecule has 0 saturated heterocycles. The van der Waals surface area contributed by atoms with Crippen LogP contribution in [0, 0.1) is 17.8 Å². The summed E-state index contributed by atoms with van der Waals surface area (Å²) < 4.78 is 0. The second kappa shape index (κ2) is 26.8. The van der Waals surface area contributed by atoms with Crippen molar-refractivity contribution in [2.45, 2.75) is 135 Å². The van der Waals surface area contributed by atoms with Gasteiger partial charge in [-0.05, 0) is 62.0 Å². The summed E-state index contributed by atoms with van der Waals surface area (Å²) in [6.07, 6.45) is 1.07. The van der Waals surface area contributed by atoms with E-state index in [2.05, 4.69) is 31.9 Å². The number of unbranched alkanes of at least 4 members (excludes halogenated alkanes) is 1. The van der Waals surface area contributed by atoms with Crippen molar-refractivity contribution in [3.05, 3.63) is 35.9 Å². The first-order valence-corrected chi connectivity index (χ1v) is 20.1. The van der Waals surface area contributed by atoms with E-state index in [9.17, 15) is 48.6 Å². The molecule has 19 heteroatoms. The number of nitrogens with two attached hydrogens (primary N) is 2. The number of hydrogen-bond acceptors (Lipinski definition) is 11. The fourth-order valence-electron chi connectivity index (χ4n) is 5.94. The fourth-order valence-corrected chi connectivity index (χ4v) is 5.94. The Hall–Kier alpha value is -5.14. The Morgan fingerprint density at radius 3 is 1.69 bits per heavy atom. The van der Waals surface area contributed by atoms with Crippen LogP contribution in [0.15, 0.2) is 30.3 Å². The maximum absolute atomic E-state index is 14.0. The van der Waals surface area contributed by atoms with Crippen LogP contribution < -0.4 is 43.4 Å². The molecule has 0 saturated carbocycles. The smallest absolute Gasteiger partial charge is 0.328 e. The zero-order valence-electron chi connectivity index (χ0n) is 35.0. The van der Waals surface area contributed by atoms with Crippen LogP contribution in [0.25, 0.3) is 0 Å². The van der Waals surface area contributed by atoms with Crippen LogP contribution in [0.2, 0.25) is 0 Å². The lowest BCUT2D eigenvalue weighted by Crippen LogP contribution is -2.61. The van der Waals surface area contributed by atoms with Gasteiger partial charge in [0.1, 0.15) is 36.3 Å². The van der Waals surface area contributed by atoms with E-state index in [1.165, 1.54) is 0 Å². The molecule has 0 unspecified atom stereocenters. The van der Waals surface area contributed by atoms with Gasteiger partial charge in [-0.1, -0.05) is 78.3 Å². The number of carbonyl (C=O) groups excluding carboxylic acids is 6. The Balaban J connectivity index is 3.35. The third kappa shape index (κ3) is 19.0. The monoisotopic (exact) mass is 834 g/mol. The van der Waals surface area contributed by atoms with Gasteiger partial charge in [-0.25, -0.2) is 4.79 Å². The number of rotatable bonds is 28. The first-order valence-electron chi connectivity index (χ1n) is 20.1. The molecule has 0 fully saturated rings. The molecule has 59 heavy (non-hydrogen) atoms. The average molecular weight is 835 g/mol. The predicted molar refractivity (Wildman–Crippen MR) is 218 cm³/mol. The number of hydrogen-bond donors (Lipinski definition) is 11. The Bertz CT molecular complexity index is 1540. The van der Waals surface area contributed by atoms with Gasteiger partial charge in [0, 0.05) is 12.8 Å². The summed E-state index contributed by atoms with van der Waals surface area (Å²) in [5.41, 5.74) is 12.2. The summed E-state index contributed by atoms with van der Waals surface area (Å²) in [4.78, 5) is 104. The lowest BCUT2D eigenvalue weighted by atomic mass is 9.96. The first-order chi connectivity index (χ1) is 27.7. The van der Waals surface area contributed by atoms with E-state index in [-0.39, 0.29) is 38.0 Å². The molecule has 8 atom stereocenters. The molecule has 0 aliphatic carbocycles. The minimum atomic E-state index is -1.63. The average Bonchev–Trinajstić information content (AvgIpc) is 3.18. The molecule has 6 amide bonds. The molecule has 1 aromatic rings. The van der Waals surface area contributed by atoms with Crippen molar-refractivity contribution in [2.75, 3.05) is 13.2 Å². The van der Waals surface area contributed by atoms with E-state index in [0.29, 0.717) is 31.4 Å². The van der Waals surface area contributed by atoms with E-state index < -0.39 is 108 Å². The number of aliphatic hydroxyl groups is 1. The molecule has 0 bridgehead atoms. The second-order valence-electron chi connectivity index (χ2n) is 15.5. The third-order valence-corrected chi connectivity index (χ3v) is 9.68. The highest BCUT2D eigenvalue weighted by atomic mass is 16.4. The first kappa shape index (κ1) is 51.9. The Labute approximate surface area is 345 Å². The minimum Gasteiger partial charge on any atom is -0.481 e. The summed E-state index contributed by atoms with van der Waals surface area (Å²) in [5.74, 6) is -8.15. The highest BCUT2D eigenvalue weighted by Gasteiger charge is 2.36. The Kier molecular flexibility index (Phi) is 23.5. The highest BCUT2D eigenvalue weighted by Crippen LogP contribution is 2.14. The molecule has 19 nitrogen and oxygen atoms in total.